The third kappa shape index (κ3) is 3.22. The number of nitrogens with two attached hydrogens (primary N) is 1. The SMILES string of the molecule is Nc1cc(F)ccc1CN(CC1CC1)CC1CC1. The molecule has 3 rings (SSSR count). The molecule has 18 heavy (non-hydrogen) atoms. The molecule has 0 saturated heterocycles. The average Bonchev–Trinajstić information content (AvgIpc) is 3.18. The minimum absolute atomic E-state index is 0.243. The Morgan fingerprint density at radius 2 is 1.72 bits per heavy atom. The van der Waals surface area contributed by atoms with E-state index in [2.05, 4.69) is 4.90 Å². The van der Waals surface area contributed by atoms with Crippen LogP contribution in [0, 0.1) is 17.7 Å². The molecule has 2 fully saturated rings. The van der Waals surface area contributed by atoms with Crippen LogP contribution in [0.2, 0.25) is 0 Å². The van der Waals surface area contributed by atoms with Gasteiger partial charge in [0, 0.05) is 25.3 Å². The number of rotatable bonds is 6. The molecule has 0 spiro atoms. The third-order valence-corrected chi connectivity index (χ3v) is 3.93. The van der Waals surface area contributed by atoms with Gasteiger partial charge in [-0.3, -0.25) is 4.90 Å². The lowest BCUT2D eigenvalue weighted by atomic mass is 10.1. The van der Waals surface area contributed by atoms with Gasteiger partial charge in [0.15, 0.2) is 0 Å². The zero-order chi connectivity index (χ0) is 12.5. The fraction of sp³-hybridized carbons (Fsp3) is 0.600. The van der Waals surface area contributed by atoms with Crippen molar-refractivity contribution in [3.05, 3.63) is 29.6 Å². The Bertz CT molecular complexity index is 411. The van der Waals surface area contributed by atoms with Gasteiger partial charge in [0.2, 0.25) is 0 Å². The Morgan fingerprint density at radius 3 is 2.22 bits per heavy atom. The van der Waals surface area contributed by atoms with E-state index in [1.165, 1.54) is 50.9 Å². The first kappa shape index (κ1) is 12.0. The first-order chi connectivity index (χ1) is 8.70. The molecule has 0 unspecified atom stereocenters. The summed E-state index contributed by atoms with van der Waals surface area (Å²) in [5.74, 6) is 1.54. The molecule has 3 heteroatoms. The summed E-state index contributed by atoms with van der Waals surface area (Å²) < 4.78 is 13.0. The van der Waals surface area contributed by atoms with Gasteiger partial charge < -0.3 is 5.73 Å². The molecular weight excluding hydrogens is 227 g/mol. The van der Waals surface area contributed by atoms with Crippen molar-refractivity contribution in [1.29, 1.82) is 0 Å². The maximum absolute atomic E-state index is 13.0. The van der Waals surface area contributed by atoms with Crippen LogP contribution >= 0.6 is 0 Å². The maximum atomic E-state index is 13.0. The smallest absolute Gasteiger partial charge is 0.125 e. The van der Waals surface area contributed by atoms with Crippen LogP contribution in [0.3, 0.4) is 0 Å². The highest BCUT2D eigenvalue weighted by molar-refractivity contribution is 5.46. The van der Waals surface area contributed by atoms with Gasteiger partial charge in [0.25, 0.3) is 0 Å². The van der Waals surface area contributed by atoms with Crippen LogP contribution in [-0.4, -0.2) is 18.0 Å². The van der Waals surface area contributed by atoms with Crippen LogP contribution in [-0.2, 0) is 6.54 Å². The molecule has 2 saturated carbocycles. The average molecular weight is 248 g/mol. The lowest BCUT2D eigenvalue weighted by molar-refractivity contribution is 0.244. The number of benzene rings is 1. The zero-order valence-corrected chi connectivity index (χ0v) is 10.7. The Kier molecular flexibility index (Phi) is 3.25. The Hall–Kier alpha value is -1.09. The van der Waals surface area contributed by atoms with E-state index in [1.807, 2.05) is 6.07 Å². The lowest BCUT2D eigenvalue weighted by Crippen LogP contribution is -2.28. The molecule has 0 heterocycles. The summed E-state index contributed by atoms with van der Waals surface area (Å²) in [6.07, 6.45) is 5.50. The van der Waals surface area contributed by atoms with E-state index in [1.54, 1.807) is 0 Å². The minimum Gasteiger partial charge on any atom is -0.398 e. The van der Waals surface area contributed by atoms with Gasteiger partial charge in [-0.1, -0.05) is 6.07 Å². The van der Waals surface area contributed by atoms with E-state index >= 15 is 0 Å². The Balaban J connectivity index is 1.65. The normalized spacial score (nSPS) is 19.4. The van der Waals surface area contributed by atoms with Crippen LogP contribution in [0.15, 0.2) is 18.2 Å². The highest BCUT2D eigenvalue weighted by Crippen LogP contribution is 2.34. The largest absolute Gasteiger partial charge is 0.398 e. The molecule has 0 aromatic heterocycles. The van der Waals surface area contributed by atoms with E-state index in [-0.39, 0.29) is 5.82 Å². The van der Waals surface area contributed by atoms with Crippen LogP contribution < -0.4 is 5.73 Å². The van der Waals surface area contributed by atoms with Crippen LogP contribution in [0.1, 0.15) is 31.2 Å². The topological polar surface area (TPSA) is 29.3 Å². The van der Waals surface area contributed by atoms with Gasteiger partial charge in [-0.25, -0.2) is 4.39 Å². The van der Waals surface area contributed by atoms with Crippen LogP contribution in [0.4, 0.5) is 10.1 Å². The van der Waals surface area contributed by atoms with Crippen molar-refractivity contribution in [3.8, 4) is 0 Å². The number of halogens is 1. The molecule has 0 bridgehead atoms. The predicted molar refractivity (Wildman–Crippen MR) is 71.5 cm³/mol. The molecular formula is C15H21FN2. The van der Waals surface area contributed by atoms with Gasteiger partial charge in [-0.05, 0) is 55.2 Å². The number of nitrogens with zero attached hydrogens (tertiary/aromatic N) is 1. The third-order valence-electron chi connectivity index (χ3n) is 3.93. The monoisotopic (exact) mass is 248 g/mol. The predicted octanol–water partition coefficient (Wildman–Crippen LogP) is 3.03. The zero-order valence-electron chi connectivity index (χ0n) is 10.7. The van der Waals surface area contributed by atoms with Gasteiger partial charge in [-0.15, -0.1) is 0 Å². The highest BCUT2D eigenvalue weighted by Gasteiger charge is 2.29. The molecule has 0 radical (unpaired) electrons. The second kappa shape index (κ2) is 4.88. The first-order valence-corrected chi connectivity index (χ1v) is 6.97. The summed E-state index contributed by atoms with van der Waals surface area (Å²) in [4.78, 5) is 2.51. The summed E-state index contributed by atoms with van der Waals surface area (Å²) in [6, 6.07) is 4.78. The molecule has 0 atom stereocenters. The molecule has 98 valence electrons. The van der Waals surface area contributed by atoms with E-state index in [0.29, 0.717) is 5.69 Å². The molecule has 1 aromatic rings. The fourth-order valence-corrected chi connectivity index (χ4v) is 2.49. The standard InChI is InChI=1S/C15H21FN2/c16-14-6-5-13(15(17)7-14)10-18(8-11-1-2-11)9-12-3-4-12/h5-7,11-12H,1-4,8-10,17H2. The van der Waals surface area contributed by atoms with Gasteiger partial charge in [0.05, 0.1) is 0 Å². The molecule has 0 amide bonds. The molecule has 1 aromatic carbocycles. The van der Waals surface area contributed by atoms with E-state index < -0.39 is 0 Å². The number of hydrogen-bond donors (Lipinski definition) is 1. The Morgan fingerprint density at radius 1 is 1.11 bits per heavy atom. The van der Waals surface area contributed by atoms with Crippen molar-refractivity contribution in [3.63, 3.8) is 0 Å². The first-order valence-electron chi connectivity index (χ1n) is 6.97. The second-order valence-corrected chi connectivity index (χ2v) is 5.92. The van der Waals surface area contributed by atoms with Crippen molar-refractivity contribution in [2.45, 2.75) is 32.2 Å². The van der Waals surface area contributed by atoms with Gasteiger partial charge in [-0.2, -0.15) is 0 Å². The Labute approximate surface area is 108 Å². The summed E-state index contributed by atoms with van der Waals surface area (Å²) in [6.45, 7) is 3.25. The minimum atomic E-state index is -0.243. The van der Waals surface area contributed by atoms with Crippen molar-refractivity contribution in [2.24, 2.45) is 11.8 Å². The van der Waals surface area contributed by atoms with Crippen molar-refractivity contribution >= 4 is 5.69 Å². The summed E-state index contributed by atoms with van der Waals surface area (Å²) in [7, 11) is 0. The second-order valence-electron chi connectivity index (χ2n) is 5.92. The fourth-order valence-electron chi connectivity index (χ4n) is 2.49. The summed E-state index contributed by atoms with van der Waals surface area (Å²) >= 11 is 0. The van der Waals surface area contributed by atoms with E-state index in [9.17, 15) is 4.39 Å². The van der Waals surface area contributed by atoms with Gasteiger partial charge >= 0.3 is 0 Å². The number of hydrogen-bond acceptors (Lipinski definition) is 2. The van der Waals surface area contributed by atoms with E-state index in [0.717, 1.165) is 23.9 Å². The molecule has 2 aliphatic carbocycles. The summed E-state index contributed by atoms with van der Waals surface area (Å²) in [5.41, 5.74) is 7.55. The van der Waals surface area contributed by atoms with E-state index in [4.69, 9.17) is 5.73 Å². The lowest BCUT2D eigenvalue weighted by Gasteiger charge is -2.23. The number of nitrogen functional groups attached to an aromatic ring is 1. The van der Waals surface area contributed by atoms with Gasteiger partial charge in [0.1, 0.15) is 5.82 Å². The quantitative estimate of drug-likeness (QED) is 0.784. The molecule has 2 N–H and O–H groups in total. The van der Waals surface area contributed by atoms with Crippen molar-refractivity contribution in [1.82, 2.24) is 4.90 Å². The van der Waals surface area contributed by atoms with Crippen molar-refractivity contribution < 1.29 is 4.39 Å². The molecule has 2 aliphatic rings. The maximum Gasteiger partial charge on any atom is 0.125 e. The number of anilines is 1. The van der Waals surface area contributed by atoms with Crippen molar-refractivity contribution in [2.75, 3.05) is 18.8 Å². The molecule has 2 nitrogen and oxygen atoms in total. The van der Waals surface area contributed by atoms with Crippen LogP contribution in [0.5, 0.6) is 0 Å². The summed E-state index contributed by atoms with van der Waals surface area (Å²) in [5, 5.41) is 0. The highest BCUT2D eigenvalue weighted by atomic mass is 19.1. The van der Waals surface area contributed by atoms with Crippen LogP contribution in [0.25, 0.3) is 0 Å². The molecule has 0 aliphatic heterocycles.